The van der Waals surface area contributed by atoms with Crippen molar-refractivity contribution in [3.63, 3.8) is 0 Å². The van der Waals surface area contributed by atoms with E-state index >= 15 is 0 Å². The Morgan fingerprint density at radius 1 is 1.04 bits per heavy atom. The predicted octanol–water partition coefficient (Wildman–Crippen LogP) is 7.17. The summed E-state index contributed by atoms with van der Waals surface area (Å²) in [6.07, 6.45) is 7.51. The highest BCUT2D eigenvalue weighted by molar-refractivity contribution is 7.90. The van der Waals surface area contributed by atoms with Crippen LogP contribution in [0.2, 0.25) is 0 Å². The van der Waals surface area contributed by atoms with Crippen LogP contribution in [0.25, 0.3) is 33.8 Å². The summed E-state index contributed by atoms with van der Waals surface area (Å²) < 4.78 is 37.0. The summed E-state index contributed by atoms with van der Waals surface area (Å²) in [6.45, 7) is 9.06. The van der Waals surface area contributed by atoms with Gasteiger partial charge in [0.25, 0.3) is 5.91 Å². The van der Waals surface area contributed by atoms with Gasteiger partial charge in [0.05, 0.1) is 30.3 Å². The third kappa shape index (κ3) is 5.75. The van der Waals surface area contributed by atoms with Gasteiger partial charge in [-0.2, -0.15) is 5.10 Å². The van der Waals surface area contributed by atoms with E-state index < -0.39 is 27.1 Å². The van der Waals surface area contributed by atoms with Crippen LogP contribution in [0.4, 0.5) is 0 Å². The SMILES string of the molecule is COc1ccc2c(c1)C=C(c1nn(C(C)C)c(C)c1C(=O)O)Cn1c-2c(C2CCCCC2)c2ccc(C(=O)NS(=O)(=O)C(C)C)cc21. The van der Waals surface area contributed by atoms with Gasteiger partial charge in [-0.15, -0.1) is 0 Å². The summed E-state index contributed by atoms with van der Waals surface area (Å²) in [5.74, 6) is -0.775. The van der Waals surface area contributed by atoms with Crippen molar-refractivity contribution in [1.29, 1.82) is 0 Å². The average molecular weight is 659 g/mol. The molecule has 2 aliphatic rings. The zero-order valence-electron chi connectivity index (χ0n) is 27.8. The van der Waals surface area contributed by atoms with Crippen molar-refractivity contribution in [3.8, 4) is 17.0 Å². The van der Waals surface area contributed by atoms with E-state index in [2.05, 4.69) is 9.29 Å². The third-order valence-electron chi connectivity index (χ3n) is 9.56. The van der Waals surface area contributed by atoms with Crippen LogP contribution in [0.3, 0.4) is 0 Å². The fourth-order valence-corrected chi connectivity index (χ4v) is 7.75. The normalized spacial score (nSPS) is 15.4. The van der Waals surface area contributed by atoms with E-state index in [9.17, 15) is 23.1 Å². The zero-order valence-corrected chi connectivity index (χ0v) is 28.6. The lowest BCUT2D eigenvalue weighted by molar-refractivity contribution is 0.0695. The number of hydrogen-bond acceptors (Lipinski definition) is 6. The molecule has 47 heavy (non-hydrogen) atoms. The number of carboxylic acids is 1. The van der Waals surface area contributed by atoms with Crippen LogP contribution >= 0.6 is 0 Å². The maximum absolute atomic E-state index is 13.3. The number of rotatable bonds is 8. The predicted molar refractivity (Wildman–Crippen MR) is 183 cm³/mol. The van der Waals surface area contributed by atoms with Crippen molar-refractivity contribution in [2.24, 2.45) is 0 Å². The van der Waals surface area contributed by atoms with Crippen LogP contribution in [0.5, 0.6) is 5.75 Å². The van der Waals surface area contributed by atoms with Gasteiger partial charge in [0.15, 0.2) is 0 Å². The second-order valence-electron chi connectivity index (χ2n) is 13.2. The third-order valence-corrected chi connectivity index (χ3v) is 11.3. The number of sulfonamides is 1. The number of benzene rings is 2. The number of aromatic nitrogens is 3. The molecule has 0 spiro atoms. The molecular weight excluding hydrogens is 616 g/mol. The van der Waals surface area contributed by atoms with Crippen molar-refractivity contribution < 1.29 is 27.9 Å². The Morgan fingerprint density at radius 3 is 2.40 bits per heavy atom. The minimum absolute atomic E-state index is 0.0512. The molecule has 0 saturated heterocycles. The van der Waals surface area contributed by atoms with Crippen molar-refractivity contribution in [2.45, 2.75) is 90.5 Å². The second-order valence-corrected chi connectivity index (χ2v) is 15.5. The zero-order chi connectivity index (χ0) is 33.8. The topological polar surface area (TPSA) is 133 Å². The molecule has 0 radical (unpaired) electrons. The highest BCUT2D eigenvalue weighted by Crippen LogP contribution is 2.48. The molecule has 1 aliphatic heterocycles. The number of allylic oxidation sites excluding steroid dienone is 1. The van der Waals surface area contributed by atoms with Gasteiger partial charge in [-0.25, -0.2) is 17.9 Å². The first-order valence-electron chi connectivity index (χ1n) is 16.3. The maximum Gasteiger partial charge on any atom is 0.339 e. The lowest BCUT2D eigenvalue weighted by Gasteiger charge is -2.24. The van der Waals surface area contributed by atoms with E-state index in [1.54, 1.807) is 30.8 Å². The molecule has 1 saturated carbocycles. The number of carbonyl (C=O) groups is 2. The van der Waals surface area contributed by atoms with Gasteiger partial charge in [-0.3, -0.25) is 9.48 Å². The van der Waals surface area contributed by atoms with Crippen molar-refractivity contribution >= 4 is 44.5 Å². The van der Waals surface area contributed by atoms with E-state index in [1.165, 1.54) is 25.8 Å². The first kappa shape index (κ1) is 32.6. The van der Waals surface area contributed by atoms with E-state index in [-0.39, 0.29) is 23.1 Å². The first-order valence-corrected chi connectivity index (χ1v) is 17.8. The number of aromatic carboxylic acids is 1. The minimum Gasteiger partial charge on any atom is -0.497 e. The smallest absolute Gasteiger partial charge is 0.339 e. The molecule has 2 N–H and O–H groups in total. The summed E-state index contributed by atoms with van der Waals surface area (Å²) in [5.41, 5.74) is 6.91. The molecule has 2 aromatic heterocycles. The van der Waals surface area contributed by atoms with E-state index in [4.69, 9.17) is 9.84 Å². The van der Waals surface area contributed by atoms with Crippen molar-refractivity contribution in [1.82, 2.24) is 19.1 Å². The number of carboxylic acid groups (broad SMARTS) is 1. The molecule has 10 nitrogen and oxygen atoms in total. The Hall–Kier alpha value is -4.38. The fraction of sp³-hybridized carbons (Fsp3) is 0.417. The molecule has 6 rings (SSSR count). The number of hydrogen-bond donors (Lipinski definition) is 2. The number of fused-ring (bicyclic) bond motifs is 5. The van der Waals surface area contributed by atoms with Gasteiger partial charge in [0.1, 0.15) is 17.0 Å². The van der Waals surface area contributed by atoms with Gasteiger partial charge in [0.2, 0.25) is 10.0 Å². The highest BCUT2D eigenvalue weighted by atomic mass is 32.2. The van der Waals surface area contributed by atoms with E-state index in [0.29, 0.717) is 29.3 Å². The second kappa shape index (κ2) is 12.3. The molecule has 1 aliphatic carbocycles. The number of amides is 1. The molecule has 248 valence electrons. The van der Waals surface area contributed by atoms with Gasteiger partial charge in [0, 0.05) is 33.6 Å². The molecular formula is C36H42N4O6S. The van der Waals surface area contributed by atoms with Gasteiger partial charge in [-0.1, -0.05) is 25.3 Å². The van der Waals surface area contributed by atoms with Crippen LogP contribution in [0, 0.1) is 6.92 Å². The number of nitrogens with zero attached hydrogens (tertiary/aromatic N) is 3. The number of methoxy groups -OCH3 is 1. The quantitative estimate of drug-likeness (QED) is 0.205. The summed E-state index contributed by atoms with van der Waals surface area (Å²) in [4.78, 5) is 26.0. The summed E-state index contributed by atoms with van der Waals surface area (Å²) >= 11 is 0. The Labute approximate surface area is 275 Å². The molecule has 1 amide bonds. The number of ether oxygens (including phenoxy) is 1. The maximum atomic E-state index is 13.3. The molecule has 0 atom stereocenters. The molecule has 1 fully saturated rings. The van der Waals surface area contributed by atoms with Crippen molar-refractivity contribution in [2.75, 3.05) is 7.11 Å². The largest absolute Gasteiger partial charge is 0.497 e. The van der Waals surface area contributed by atoms with Crippen LogP contribution in [0.15, 0.2) is 36.4 Å². The molecule has 0 bridgehead atoms. The average Bonchev–Trinajstić information content (AvgIpc) is 3.49. The Balaban J connectivity index is 1.65. The lowest BCUT2D eigenvalue weighted by atomic mass is 9.81. The highest BCUT2D eigenvalue weighted by Gasteiger charge is 2.32. The number of nitrogens with one attached hydrogen (secondary N) is 1. The monoisotopic (exact) mass is 658 g/mol. The van der Waals surface area contributed by atoms with Crippen LogP contribution in [-0.4, -0.2) is 52.1 Å². The summed E-state index contributed by atoms with van der Waals surface area (Å²) in [5, 5.41) is 15.5. The fourth-order valence-electron chi connectivity index (χ4n) is 7.13. The van der Waals surface area contributed by atoms with E-state index in [1.807, 2.05) is 44.2 Å². The van der Waals surface area contributed by atoms with E-state index in [0.717, 1.165) is 53.4 Å². The molecule has 2 aromatic carbocycles. The Kier molecular flexibility index (Phi) is 8.54. The molecule has 11 heteroatoms. The Bertz CT molecular complexity index is 2040. The summed E-state index contributed by atoms with van der Waals surface area (Å²) in [7, 11) is -2.22. The van der Waals surface area contributed by atoms with Gasteiger partial charge in [-0.05, 0) is 101 Å². The van der Waals surface area contributed by atoms with Crippen LogP contribution in [-0.2, 0) is 16.6 Å². The van der Waals surface area contributed by atoms with Gasteiger partial charge >= 0.3 is 5.97 Å². The van der Waals surface area contributed by atoms with Crippen LogP contribution < -0.4 is 9.46 Å². The first-order chi connectivity index (χ1) is 22.3. The molecule has 0 unspecified atom stereocenters. The summed E-state index contributed by atoms with van der Waals surface area (Å²) in [6, 6.07) is 11.3. The van der Waals surface area contributed by atoms with Crippen molar-refractivity contribution in [3.05, 3.63) is 70.0 Å². The Morgan fingerprint density at radius 2 is 1.77 bits per heavy atom. The standard InChI is InChI=1S/C36H42N4O6S/c1-20(2)40-22(5)31(36(42)43)33(37-40)26-16-25-17-27(46-6)13-15-28(25)34-32(23-10-8-7-9-11-23)29-14-12-24(18-30(29)39(34)19-26)35(41)38-47(44,45)21(3)4/h12-18,20-21,23H,7-11,19H2,1-6H3,(H,38,41)(H,42,43). The lowest BCUT2D eigenvalue weighted by Crippen LogP contribution is -2.35. The minimum atomic E-state index is -3.84. The molecule has 3 heterocycles. The van der Waals surface area contributed by atoms with Gasteiger partial charge < -0.3 is 14.4 Å². The van der Waals surface area contributed by atoms with Crippen LogP contribution in [0.1, 0.15) is 115 Å². The number of carbonyl (C=O) groups excluding carboxylic acids is 1. The molecule has 4 aromatic rings.